The molecule has 0 bridgehead atoms. The van der Waals surface area contributed by atoms with Gasteiger partial charge in [-0.25, -0.2) is 4.79 Å². The smallest absolute Gasteiger partial charge is 0.322 e. The molecule has 7 heteroatoms. The molecular weight excluding hydrogens is 394 g/mol. The second-order valence-corrected chi connectivity index (χ2v) is 8.14. The first-order valence-electron chi connectivity index (χ1n) is 10.9. The van der Waals surface area contributed by atoms with Crippen molar-refractivity contribution in [2.75, 3.05) is 44.1 Å². The Hall–Kier alpha value is -2.93. The van der Waals surface area contributed by atoms with E-state index < -0.39 is 6.10 Å². The molecule has 1 fully saturated rings. The number of anilines is 2. The van der Waals surface area contributed by atoms with Crippen molar-refractivity contribution in [1.29, 1.82) is 0 Å². The number of benzene rings is 2. The van der Waals surface area contributed by atoms with Crippen LogP contribution in [0.1, 0.15) is 42.9 Å². The van der Waals surface area contributed by atoms with Gasteiger partial charge in [0.25, 0.3) is 0 Å². The van der Waals surface area contributed by atoms with Gasteiger partial charge in [0.1, 0.15) is 17.6 Å². The third-order valence-corrected chi connectivity index (χ3v) is 6.15. The Morgan fingerprint density at radius 2 is 1.74 bits per heavy atom. The molecule has 2 N–H and O–H groups in total. The zero-order chi connectivity index (χ0) is 21.8. The van der Waals surface area contributed by atoms with E-state index in [2.05, 4.69) is 16.3 Å². The second kappa shape index (κ2) is 9.47. The Balaban J connectivity index is 1.51. The third-order valence-electron chi connectivity index (χ3n) is 6.15. The summed E-state index contributed by atoms with van der Waals surface area (Å²) in [7, 11) is 3.16. The fourth-order valence-electron chi connectivity index (χ4n) is 4.54. The number of aliphatic hydroxyl groups is 1. The van der Waals surface area contributed by atoms with E-state index >= 15 is 0 Å². The van der Waals surface area contributed by atoms with Crippen LogP contribution in [0.2, 0.25) is 0 Å². The minimum atomic E-state index is -0.844. The van der Waals surface area contributed by atoms with E-state index in [4.69, 9.17) is 9.47 Å². The van der Waals surface area contributed by atoms with Crippen LogP contribution >= 0.6 is 0 Å². The predicted octanol–water partition coefficient (Wildman–Crippen LogP) is 4.17. The highest BCUT2D eigenvalue weighted by Gasteiger charge is 2.32. The lowest BCUT2D eigenvalue weighted by Gasteiger charge is -2.34. The standard InChI is InChI=1S/C24H31N3O4/c1-30-21-10-11-22(31-2)23-19(21)15-27(16-20(23)28)24(29)25-17-8-7-9-18(14-17)26-12-5-3-4-6-13-26/h7-11,14,20,28H,3-6,12-13,15-16H2,1-2H3,(H,25,29). The second-order valence-electron chi connectivity index (χ2n) is 8.14. The van der Waals surface area contributed by atoms with Crippen LogP contribution in [0.3, 0.4) is 0 Å². The molecule has 0 aromatic heterocycles. The minimum Gasteiger partial charge on any atom is -0.496 e. The molecule has 2 heterocycles. The maximum atomic E-state index is 13.0. The van der Waals surface area contributed by atoms with Crippen LogP contribution in [0, 0.1) is 0 Å². The van der Waals surface area contributed by atoms with E-state index in [1.54, 1.807) is 31.3 Å². The number of urea groups is 1. The Labute approximate surface area is 183 Å². The highest BCUT2D eigenvalue weighted by atomic mass is 16.5. The van der Waals surface area contributed by atoms with E-state index in [1.165, 1.54) is 25.7 Å². The van der Waals surface area contributed by atoms with Crippen molar-refractivity contribution in [2.45, 2.75) is 38.3 Å². The first-order chi connectivity index (χ1) is 15.1. The summed E-state index contributed by atoms with van der Waals surface area (Å²) in [5.41, 5.74) is 3.35. The molecule has 1 saturated heterocycles. The fourth-order valence-corrected chi connectivity index (χ4v) is 4.54. The lowest BCUT2D eigenvalue weighted by molar-refractivity contribution is 0.105. The molecule has 2 aromatic carbocycles. The van der Waals surface area contributed by atoms with Gasteiger partial charge < -0.3 is 29.7 Å². The summed E-state index contributed by atoms with van der Waals surface area (Å²) in [6, 6.07) is 11.3. The summed E-state index contributed by atoms with van der Waals surface area (Å²) in [5, 5.41) is 13.8. The van der Waals surface area contributed by atoms with Crippen LogP contribution in [-0.4, -0.2) is 49.9 Å². The molecule has 2 aliphatic rings. The highest BCUT2D eigenvalue weighted by molar-refractivity contribution is 5.90. The predicted molar refractivity (Wildman–Crippen MR) is 121 cm³/mol. The van der Waals surface area contributed by atoms with Crippen molar-refractivity contribution in [3.05, 3.63) is 47.5 Å². The van der Waals surface area contributed by atoms with Crippen LogP contribution < -0.4 is 19.7 Å². The number of hydrogen-bond donors (Lipinski definition) is 2. The molecule has 0 saturated carbocycles. The van der Waals surface area contributed by atoms with E-state index in [0.717, 1.165) is 30.0 Å². The van der Waals surface area contributed by atoms with Crippen LogP contribution in [0.4, 0.5) is 16.2 Å². The molecule has 31 heavy (non-hydrogen) atoms. The van der Waals surface area contributed by atoms with Crippen molar-refractivity contribution in [3.63, 3.8) is 0 Å². The fraction of sp³-hybridized carbons (Fsp3) is 0.458. The zero-order valence-corrected chi connectivity index (χ0v) is 18.3. The molecule has 4 rings (SSSR count). The van der Waals surface area contributed by atoms with Gasteiger partial charge in [-0.3, -0.25) is 0 Å². The van der Waals surface area contributed by atoms with E-state index in [-0.39, 0.29) is 12.6 Å². The van der Waals surface area contributed by atoms with Crippen LogP contribution in [-0.2, 0) is 6.54 Å². The number of fused-ring (bicyclic) bond motifs is 1. The lowest BCUT2D eigenvalue weighted by atomic mass is 9.95. The Morgan fingerprint density at radius 1 is 1.03 bits per heavy atom. The number of β-amino-alcohol motifs (C(OH)–C–C–N with tert-alkyl or cyclic N) is 1. The maximum absolute atomic E-state index is 13.0. The van der Waals surface area contributed by atoms with Gasteiger partial charge in [0, 0.05) is 35.6 Å². The largest absolute Gasteiger partial charge is 0.496 e. The van der Waals surface area contributed by atoms with Crippen molar-refractivity contribution in [2.24, 2.45) is 0 Å². The van der Waals surface area contributed by atoms with Crippen molar-refractivity contribution < 1.29 is 19.4 Å². The quantitative estimate of drug-likeness (QED) is 0.769. The number of ether oxygens (including phenoxy) is 2. The number of carbonyl (C=O) groups is 1. The molecule has 2 aliphatic heterocycles. The number of rotatable bonds is 4. The van der Waals surface area contributed by atoms with Gasteiger partial charge in [-0.2, -0.15) is 0 Å². The molecule has 2 aromatic rings. The number of aliphatic hydroxyl groups excluding tert-OH is 1. The normalized spacial score (nSPS) is 18.7. The summed E-state index contributed by atoms with van der Waals surface area (Å²) in [6.07, 6.45) is 4.11. The number of nitrogens with zero attached hydrogens (tertiary/aromatic N) is 2. The molecule has 0 radical (unpaired) electrons. The van der Waals surface area contributed by atoms with Gasteiger partial charge in [0.15, 0.2) is 0 Å². The first kappa shape index (κ1) is 21.3. The highest BCUT2D eigenvalue weighted by Crippen LogP contribution is 2.39. The van der Waals surface area contributed by atoms with Gasteiger partial charge in [-0.15, -0.1) is 0 Å². The summed E-state index contributed by atoms with van der Waals surface area (Å²) in [6.45, 7) is 2.63. The zero-order valence-electron chi connectivity index (χ0n) is 18.3. The summed E-state index contributed by atoms with van der Waals surface area (Å²) >= 11 is 0. The molecule has 166 valence electrons. The Bertz CT molecular complexity index is 925. The molecule has 0 aliphatic carbocycles. The molecular formula is C24H31N3O4. The first-order valence-corrected chi connectivity index (χ1v) is 10.9. The summed E-state index contributed by atoms with van der Waals surface area (Å²) in [4.78, 5) is 17.0. The van der Waals surface area contributed by atoms with Crippen LogP contribution in [0.15, 0.2) is 36.4 Å². The molecule has 1 unspecified atom stereocenters. The van der Waals surface area contributed by atoms with Crippen LogP contribution in [0.5, 0.6) is 11.5 Å². The number of nitrogens with one attached hydrogen (secondary N) is 1. The molecule has 1 atom stereocenters. The van der Waals surface area contributed by atoms with Gasteiger partial charge in [-0.1, -0.05) is 18.9 Å². The van der Waals surface area contributed by atoms with E-state index in [1.807, 2.05) is 18.2 Å². The number of hydrogen-bond acceptors (Lipinski definition) is 5. The van der Waals surface area contributed by atoms with Gasteiger partial charge in [-0.05, 0) is 43.2 Å². The Morgan fingerprint density at radius 3 is 2.45 bits per heavy atom. The Kier molecular flexibility index (Phi) is 6.51. The number of amides is 2. The van der Waals surface area contributed by atoms with Crippen LogP contribution in [0.25, 0.3) is 0 Å². The average Bonchev–Trinajstić information content (AvgIpc) is 3.08. The van der Waals surface area contributed by atoms with Crippen molar-refractivity contribution in [3.8, 4) is 11.5 Å². The molecule has 2 amide bonds. The van der Waals surface area contributed by atoms with E-state index in [9.17, 15) is 9.90 Å². The minimum absolute atomic E-state index is 0.189. The molecule has 0 spiro atoms. The van der Waals surface area contributed by atoms with Gasteiger partial charge >= 0.3 is 6.03 Å². The summed E-state index contributed by atoms with van der Waals surface area (Å²) < 4.78 is 10.9. The summed E-state index contributed by atoms with van der Waals surface area (Å²) in [5.74, 6) is 1.24. The monoisotopic (exact) mass is 425 g/mol. The van der Waals surface area contributed by atoms with Gasteiger partial charge in [0.05, 0.1) is 27.3 Å². The molecule has 7 nitrogen and oxygen atoms in total. The SMILES string of the molecule is COc1ccc(OC)c2c1CN(C(=O)Nc1cccc(N3CCCCCC3)c1)CC2O. The lowest BCUT2D eigenvalue weighted by Crippen LogP contribution is -2.41. The topological polar surface area (TPSA) is 74.3 Å². The van der Waals surface area contributed by atoms with Crippen molar-refractivity contribution >= 4 is 17.4 Å². The van der Waals surface area contributed by atoms with E-state index in [0.29, 0.717) is 23.6 Å². The van der Waals surface area contributed by atoms with Crippen molar-refractivity contribution in [1.82, 2.24) is 4.90 Å². The third kappa shape index (κ3) is 4.56. The van der Waals surface area contributed by atoms with Gasteiger partial charge in [0.2, 0.25) is 0 Å². The number of methoxy groups -OCH3 is 2. The number of carbonyl (C=O) groups excluding carboxylic acids is 1. The average molecular weight is 426 g/mol. The maximum Gasteiger partial charge on any atom is 0.322 e.